The van der Waals surface area contributed by atoms with Crippen LogP contribution in [-0.4, -0.2) is 9.97 Å². The minimum Gasteiger partial charge on any atom is -0.295 e. The molecule has 0 saturated heterocycles. The molecule has 146 valence electrons. The summed E-state index contributed by atoms with van der Waals surface area (Å²) in [6, 6.07) is 37.4. The maximum absolute atomic E-state index is 4.34. The zero-order valence-corrected chi connectivity index (χ0v) is 19.4. The summed E-state index contributed by atoms with van der Waals surface area (Å²) in [5, 5.41) is 5.10. The van der Waals surface area contributed by atoms with Crippen molar-refractivity contribution in [2.75, 3.05) is 0 Å². The topological polar surface area (TPSA) is 25.8 Å². The molecule has 0 unspecified atom stereocenters. The zero-order chi connectivity index (χ0) is 20.2. The van der Waals surface area contributed by atoms with Crippen molar-refractivity contribution in [2.45, 2.75) is 0 Å². The van der Waals surface area contributed by atoms with Crippen LogP contribution in [0, 0.1) is 0 Å². The van der Waals surface area contributed by atoms with E-state index < -0.39 is 0 Å². The Hall–Kier alpha value is -3.16. The predicted molar refractivity (Wildman–Crippen MR) is 126 cm³/mol. The Kier molecular flexibility index (Phi) is 6.64. The summed E-state index contributed by atoms with van der Waals surface area (Å²) in [6.07, 6.45) is 3.65. The van der Waals surface area contributed by atoms with Crippen molar-refractivity contribution in [1.82, 2.24) is 9.97 Å². The fourth-order valence-electron chi connectivity index (χ4n) is 3.66. The van der Waals surface area contributed by atoms with E-state index in [4.69, 9.17) is 0 Å². The fourth-order valence-corrected chi connectivity index (χ4v) is 3.66. The van der Waals surface area contributed by atoms with Crippen molar-refractivity contribution in [3.05, 3.63) is 122 Å². The Bertz CT molecular complexity index is 1210. The molecule has 3 heteroatoms. The average Bonchev–Trinajstić information content (AvgIpc) is 3.45. The van der Waals surface area contributed by atoms with Gasteiger partial charge in [-0.25, -0.2) is 0 Å². The first-order valence-electron chi connectivity index (χ1n) is 10.0. The normalized spacial score (nSPS) is 10.3. The van der Waals surface area contributed by atoms with Gasteiger partial charge in [-0.1, -0.05) is 60.7 Å². The van der Waals surface area contributed by atoms with Crippen LogP contribution in [0.1, 0.15) is 0 Å². The smallest absolute Gasteiger partial charge is 0.295 e. The molecule has 0 aliphatic heterocycles. The SMILES string of the molecule is [Zr+2].c1ccc(-c2cc3ccccc3[cH-]2)nc1.c1ccc(-c2cc3ccccc3[cH-]2)nc1. The van der Waals surface area contributed by atoms with Crippen molar-refractivity contribution >= 4 is 21.5 Å². The molecule has 0 bridgehead atoms. The van der Waals surface area contributed by atoms with Crippen LogP contribution >= 0.6 is 0 Å². The number of hydrogen-bond donors (Lipinski definition) is 0. The first-order valence-corrected chi connectivity index (χ1v) is 10.0. The van der Waals surface area contributed by atoms with Crippen molar-refractivity contribution in [3.63, 3.8) is 0 Å². The number of pyridine rings is 2. The first-order chi connectivity index (χ1) is 14.9. The third kappa shape index (κ3) is 4.78. The molecule has 2 nitrogen and oxygen atoms in total. The molecule has 6 aromatic rings. The van der Waals surface area contributed by atoms with E-state index in [0.717, 1.165) is 11.4 Å². The third-order valence-electron chi connectivity index (χ3n) is 5.16. The monoisotopic (exact) mass is 474 g/mol. The molecular weight excluding hydrogens is 456 g/mol. The Morgan fingerprint density at radius 3 is 1.29 bits per heavy atom. The van der Waals surface area contributed by atoms with Crippen molar-refractivity contribution < 1.29 is 26.2 Å². The van der Waals surface area contributed by atoms with Gasteiger partial charge in [0.05, 0.1) is 0 Å². The molecule has 6 rings (SSSR count). The van der Waals surface area contributed by atoms with Crippen molar-refractivity contribution in [1.29, 1.82) is 0 Å². The summed E-state index contributed by atoms with van der Waals surface area (Å²) in [5.74, 6) is 0. The molecule has 0 aliphatic carbocycles. The molecule has 0 amide bonds. The van der Waals surface area contributed by atoms with Gasteiger partial charge in [0.2, 0.25) is 0 Å². The van der Waals surface area contributed by atoms with E-state index in [1.807, 2.05) is 48.8 Å². The second-order valence-electron chi connectivity index (χ2n) is 7.18. The van der Waals surface area contributed by atoms with Crippen molar-refractivity contribution in [3.8, 4) is 22.5 Å². The standard InChI is InChI=1S/2C14H10N.Zr/c2*1-2-6-12-10-13(9-11(12)5-1)14-7-3-4-8-15-14;/h2*1-10H;/q2*-1;+2. The van der Waals surface area contributed by atoms with Crippen LogP contribution in [0.2, 0.25) is 0 Å². The van der Waals surface area contributed by atoms with E-state index >= 15 is 0 Å². The molecule has 0 fully saturated rings. The van der Waals surface area contributed by atoms with Gasteiger partial charge in [-0.15, -0.1) is 69.1 Å². The molecule has 2 heterocycles. The molecule has 0 aliphatic rings. The molecule has 2 aromatic heterocycles. The van der Waals surface area contributed by atoms with Crippen LogP contribution in [0.5, 0.6) is 0 Å². The van der Waals surface area contributed by atoms with Gasteiger partial charge in [-0.2, -0.15) is 0 Å². The number of hydrogen-bond acceptors (Lipinski definition) is 2. The maximum atomic E-state index is 4.34. The number of fused-ring (bicyclic) bond motifs is 2. The molecule has 0 radical (unpaired) electrons. The van der Waals surface area contributed by atoms with E-state index in [2.05, 4.69) is 82.8 Å². The number of rotatable bonds is 2. The Balaban J connectivity index is 0.000000144. The second kappa shape index (κ2) is 9.77. The van der Waals surface area contributed by atoms with Crippen LogP contribution in [0.15, 0.2) is 122 Å². The minimum absolute atomic E-state index is 0. The third-order valence-corrected chi connectivity index (χ3v) is 5.16. The van der Waals surface area contributed by atoms with Crippen LogP contribution in [0.3, 0.4) is 0 Å². The molecular formula is C28H20N2Zr. The molecule has 0 atom stereocenters. The Labute approximate surface area is 201 Å². The largest absolute Gasteiger partial charge is 2.00 e. The van der Waals surface area contributed by atoms with Gasteiger partial charge < -0.3 is 0 Å². The van der Waals surface area contributed by atoms with Gasteiger partial charge in [-0.3, -0.25) is 9.97 Å². The van der Waals surface area contributed by atoms with Crippen LogP contribution in [-0.2, 0) is 26.2 Å². The van der Waals surface area contributed by atoms with E-state index in [1.165, 1.54) is 32.7 Å². The molecule has 0 N–H and O–H groups in total. The summed E-state index contributed by atoms with van der Waals surface area (Å²) in [6.45, 7) is 0. The van der Waals surface area contributed by atoms with Gasteiger partial charge in [0.15, 0.2) is 0 Å². The average molecular weight is 476 g/mol. The van der Waals surface area contributed by atoms with Gasteiger partial charge >= 0.3 is 26.2 Å². The summed E-state index contributed by atoms with van der Waals surface area (Å²) >= 11 is 0. The van der Waals surface area contributed by atoms with Gasteiger partial charge in [-0.05, 0) is 12.1 Å². The van der Waals surface area contributed by atoms with Crippen LogP contribution in [0.4, 0.5) is 0 Å². The zero-order valence-electron chi connectivity index (χ0n) is 16.9. The second-order valence-corrected chi connectivity index (χ2v) is 7.18. The Morgan fingerprint density at radius 1 is 0.484 bits per heavy atom. The fraction of sp³-hybridized carbons (Fsp3) is 0. The number of benzene rings is 2. The van der Waals surface area contributed by atoms with Gasteiger partial charge in [0, 0.05) is 23.8 Å². The predicted octanol–water partition coefficient (Wildman–Crippen LogP) is 7.24. The van der Waals surface area contributed by atoms with E-state index in [9.17, 15) is 0 Å². The van der Waals surface area contributed by atoms with E-state index in [1.54, 1.807) is 0 Å². The van der Waals surface area contributed by atoms with Crippen molar-refractivity contribution in [2.24, 2.45) is 0 Å². The van der Waals surface area contributed by atoms with E-state index in [-0.39, 0.29) is 26.2 Å². The summed E-state index contributed by atoms with van der Waals surface area (Å²) in [7, 11) is 0. The molecule has 0 saturated carbocycles. The minimum atomic E-state index is 0. The number of nitrogens with zero attached hydrogens (tertiary/aromatic N) is 2. The summed E-state index contributed by atoms with van der Waals surface area (Å²) < 4.78 is 0. The van der Waals surface area contributed by atoms with Gasteiger partial charge in [0.1, 0.15) is 0 Å². The summed E-state index contributed by atoms with van der Waals surface area (Å²) in [5.41, 5.74) is 4.45. The van der Waals surface area contributed by atoms with Gasteiger partial charge in [0.25, 0.3) is 0 Å². The maximum Gasteiger partial charge on any atom is 2.00 e. The summed E-state index contributed by atoms with van der Waals surface area (Å²) in [4.78, 5) is 8.69. The van der Waals surface area contributed by atoms with E-state index in [0.29, 0.717) is 0 Å². The quantitative estimate of drug-likeness (QED) is 0.247. The van der Waals surface area contributed by atoms with Crippen LogP contribution < -0.4 is 0 Å². The first kappa shape index (κ1) is 21.1. The molecule has 4 aromatic carbocycles. The number of aromatic nitrogens is 2. The molecule has 31 heavy (non-hydrogen) atoms. The Morgan fingerprint density at radius 2 is 0.903 bits per heavy atom. The van der Waals surface area contributed by atoms with Crippen LogP contribution in [0.25, 0.3) is 44.1 Å². The molecule has 0 spiro atoms.